The van der Waals surface area contributed by atoms with Crippen molar-refractivity contribution in [1.82, 2.24) is 9.80 Å². The number of ether oxygens (including phenoxy) is 1. The topological polar surface area (TPSA) is 49.9 Å². The molecule has 0 bridgehead atoms. The van der Waals surface area contributed by atoms with Crippen LogP contribution in [0.3, 0.4) is 0 Å². The number of rotatable bonds is 7. The van der Waals surface area contributed by atoms with Crippen LogP contribution in [0.5, 0.6) is 5.75 Å². The molecule has 0 radical (unpaired) electrons. The van der Waals surface area contributed by atoms with Crippen molar-refractivity contribution in [3.8, 4) is 5.75 Å². The fourth-order valence-corrected chi connectivity index (χ4v) is 3.55. The Morgan fingerprint density at radius 3 is 2.25 bits per heavy atom. The van der Waals surface area contributed by atoms with Crippen LogP contribution in [0.2, 0.25) is 0 Å². The minimum Gasteiger partial charge on any atom is -0.493 e. The van der Waals surface area contributed by atoms with Crippen LogP contribution in [-0.4, -0.2) is 48.4 Å². The van der Waals surface area contributed by atoms with E-state index in [0.717, 1.165) is 24.2 Å². The SMILES string of the molecule is CN(Cc1ccccc1)C(=O)C1CCN(C(=O)CCOc2ccccc2)CC1. The zero-order valence-electron chi connectivity index (χ0n) is 16.4. The molecule has 148 valence electrons. The number of para-hydroxylation sites is 1. The first kappa shape index (κ1) is 19.9. The Hall–Kier alpha value is -2.82. The van der Waals surface area contributed by atoms with Crippen LogP contribution in [0.25, 0.3) is 0 Å². The van der Waals surface area contributed by atoms with Crippen molar-refractivity contribution in [2.45, 2.75) is 25.8 Å². The molecule has 0 N–H and O–H groups in total. The van der Waals surface area contributed by atoms with Gasteiger partial charge in [0, 0.05) is 32.6 Å². The predicted octanol–water partition coefficient (Wildman–Crippen LogP) is 3.35. The van der Waals surface area contributed by atoms with Gasteiger partial charge in [-0.05, 0) is 30.5 Å². The van der Waals surface area contributed by atoms with Crippen molar-refractivity contribution in [2.75, 3.05) is 26.7 Å². The summed E-state index contributed by atoms with van der Waals surface area (Å²) in [6, 6.07) is 19.5. The number of benzene rings is 2. The number of carbonyl (C=O) groups is 2. The number of carbonyl (C=O) groups excluding carboxylic acids is 2. The number of likely N-dealkylation sites (tertiary alicyclic amines) is 1. The molecule has 0 saturated carbocycles. The Kier molecular flexibility index (Phi) is 7.06. The molecule has 5 nitrogen and oxygen atoms in total. The van der Waals surface area contributed by atoms with Crippen LogP contribution in [0.4, 0.5) is 0 Å². The second-order valence-electron chi connectivity index (χ2n) is 7.25. The lowest BCUT2D eigenvalue weighted by Gasteiger charge is -2.33. The van der Waals surface area contributed by atoms with Crippen LogP contribution in [0.1, 0.15) is 24.8 Å². The van der Waals surface area contributed by atoms with Gasteiger partial charge in [0.1, 0.15) is 5.75 Å². The number of amides is 2. The molecular weight excluding hydrogens is 352 g/mol. The Labute approximate surface area is 166 Å². The maximum Gasteiger partial charge on any atom is 0.225 e. The second-order valence-corrected chi connectivity index (χ2v) is 7.25. The quantitative estimate of drug-likeness (QED) is 0.740. The highest BCUT2D eigenvalue weighted by atomic mass is 16.5. The predicted molar refractivity (Wildman–Crippen MR) is 109 cm³/mol. The summed E-state index contributed by atoms with van der Waals surface area (Å²) in [6.07, 6.45) is 1.81. The van der Waals surface area contributed by atoms with Crippen LogP contribution in [-0.2, 0) is 16.1 Å². The minimum absolute atomic E-state index is 0.00155. The first-order valence-electron chi connectivity index (χ1n) is 9.88. The van der Waals surface area contributed by atoms with Gasteiger partial charge in [0.15, 0.2) is 0 Å². The first-order valence-corrected chi connectivity index (χ1v) is 9.88. The van der Waals surface area contributed by atoms with Crippen LogP contribution in [0, 0.1) is 5.92 Å². The number of nitrogens with zero attached hydrogens (tertiary/aromatic N) is 2. The summed E-state index contributed by atoms with van der Waals surface area (Å²) >= 11 is 0. The molecule has 0 unspecified atom stereocenters. The average Bonchev–Trinajstić information content (AvgIpc) is 2.74. The molecule has 0 spiro atoms. The molecule has 1 heterocycles. The highest BCUT2D eigenvalue weighted by Crippen LogP contribution is 2.21. The molecule has 2 aromatic carbocycles. The molecule has 5 heteroatoms. The minimum atomic E-state index is -0.00155. The first-order chi connectivity index (χ1) is 13.6. The maximum atomic E-state index is 12.7. The highest BCUT2D eigenvalue weighted by molar-refractivity contribution is 5.80. The number of piperidine rings is 1. The van der Waals surface area contributed by atoms with Gasteiger partial charge in [0.25, 0.3) is 0 Å². The van der Waals surface area contributed by atoms with Crippen molar-refractivity contribution >= 4 is 11.8 Å². The molecule has 0 aromatic heterocycles. The Balaban J connectivity index is 1.39. The summed E-state index contributed by atoms with van der Waals surface area (Å²) in [4.78, 5) is 28.8. The van der Waals surface area contributed by atoms with Gasteiger partial charge in [-0.3, -0.25) is 9.59 Å². The third kappa shape index (κ3) is 5.59. The van der Waals surface area contributed by atoms with E-state index < -0.39 is 0 Å². The van der Waals surface area contributed by atoms with Gasteiger partial charge >= 0.3 is 0 Å². The lowest BCUT2D eigenvalue weighted by molar-refractivity contribution is -0.140. The third-order valence-electron chi connectivity index (χ3n) is 5.16. The highest BCUT2D eigenvalue weighted by Gasteiger charge is 2.29. The van der Waals surface area contributed by atoms with E-state index in [2.05, 4.69) is 0 Å². The van der Waals surface area contributed by atoms with Gasteiger partial charge < -0.3 is 14.5 Å². The van der Waals surface area contributed by atoms with Gasteiger partial charge in [-0.15, -0.1) is 0 Å². The number of hydrogen-bond donors (Lipinski definition) is 0. The molecule has 1 saturated heterocycles. The van der Waals surface area contributed by atoms with Crippen molar-refractivity contribution < 1.29 is 14.3 Å². The summed E-state index contributed by atoms with van der Waals surface area (Å²) in [6.45, 7) is 2.27. The monoisotopic (exact) mass is 380 g/mol. The van der Waals surface area contributed by atoms with E-state index in [1.807, 2.05) is 72.6 Å². The fourth-order valence-electron chi connectivity index (χ4n) is 3.55. The van der Waals surface area contributed by atoms with E-state index >= 15 is 0 Å². The number of hydrogen-bond acceptors (Lipinski definition) is 3. The zero-order valence-corrected chi connectivity index (χ0v) is 16.4. The molecule has 28 heavy (non-hydrogen) atoms. The summed E-state index contributed by atoms with van der Waals surface area (Å²) in [5, 5.41) is 0. The molecule has 1 aliphatic heterocycles. The van der Waals surface area contributed by atoms with Gasteiger partial charge in [0.2, 0.25) is 11.8 Å². The van der Waals surface area contributed by atoms with Gasteiger partial charge in [-0.1, -0.05) is 48.5 Å². The largest absolute Gasteiger partial charge is 0.493 e. The van der Waals surface area contributed by atoms with E-state index in [1.165, 1.54) is 0 Å². The van der Waals surface area contributed by atoms with Crippen molar-refractivity contribution in [2.24, 2.45) is 5.92 Å². The Bertz CT molecular complexity index is 756. The fraction of sp³-hybridized carbons (Fsp3) is 0.391. The van der Waals surface area contributed by atoms with Crippen LogP contribution in [0.15, 0.2) is 60.7 Å². The van der Waals surface area contributed by atoms with E-state index in [-0.39, 0.29) is 17.7 Å². The van der Waals surface area contributed by atoms with Crippen LogP contribution < -0.4 is 4.74 Å². The smallest absolute Gasteiger partial charge is 0.225 e. The molecule has 1 aliphatic rings. The summed E-state index contributed by atoms with van der Waals surface area (Å²) in [5.41, 5.74) is 1.13. The molecule has 2 amide bonds. The van der Waals surface area contributed by atoms with Crippen LogP contribution >= 0.6 is 0 Å². The van der Waals surface area contributed by atoms with E-state index in [1.54, 1.807) is 4.90 Å². The third-order valence-corrected chi connectivity index (χ3v) is 5.16. The second kappa shape index (κ2) is 9.93. The summed E-state index contributed by atoms with van der Waals surface area (Å²) < 4.78 is 5.61. The Morgan fingerprint density at radius 2 is 1.61 bits per heavy atom. The zero-order chi connectivity index (χ0) is 19.8. The van der Waals surface area contributed by atoms with Crippen molar-refractivity contribution in [3.05, 3.63) is 66.2 Å². The average molecular weight is 380 g/mol. The van der Waals surface area contributed by atoms with Gasteiger partial charge in [-0.2, -0.15) is 0 Å². The molecule has 0 aliphatic carbocycles. The lowest BCUT2D eigenvalue weighted by Crippen LogP contribution is -2.43. The molecule has 3 rings (SSSR count). The van der Waals surface area contributed by atoms with Crippen molar-refractivity contribution in [3.63, 3.8) is 0 Å². The van der Waals surface area contributed by atoms with E-state index in [9.17, 15) is 9.59 Å². The van der Waals surface area contributed by atoms with E-state index in [0.29, 0.717) is 32.7 Å². The summed E-state index contributed by atoms with van der Waals surface area (Å²) in [7, 11) is 1.85. The molecular formula is C23H28N2O3. The molecule has 1 fully saturated rings. The summed E-state index contributed by atoms with van der Waals surface area (Å²) in [5.74, 6) is 1.04. The Morgan fingerprint density at radius 1 is 1.00 bits per heavy atom. The van der Waals surface area contributed by atoms with Crippen molar-refractivity contribution in [1.29, 1.82) is 0 Å². The lowest BCUT2D eigenvalue weighted by atomic mass is 9.95. The standard InChI is InChI=1S/C23H28N2O3/c1-24(18-19-8-4-2-5-9-19)23(27)20-12-15-25(16-13-20)22(26)14-17-28-21-10-6-3-7-11-21/h2-11,20H,12-18H2,1H3. The van der Waals surface area contributed by atoms with Gasteiger partial charge in [0.05, 0.1) is 13.0 Å². The van der Waals surface area contributed by atoms with E-state index in [4.69, 9.17) is 4.74 Å². The molecule has 0 atom stereocenters. The normalized spacial score (nSPS) is 14.5. The van der Waals surface area contributed by atoms with Gasteiger partial charge in [-0.25, -0.2) is 0 Å². The molecule has 2 aromatic rings. The maximum absolute atomic E-state index is 12.7.